The molecule has 0 amide bonds. The molecule has 0 saturated carbocycles. The van der Waals surface area contributed by atoms with Crippen LogP contribution >= 0.6 is 0 Å². The number of phenols is 2. The lowest BCUT2D eigenvalue weighted by Crippen LogP contribution is -2.14. The quantitative estimate of drug-likeness (QED) is 0.200. The van der Waals surface area contributed by atoms with E-state index >= 15 is 0 Å². The van der Waals surface area contributed by atoms with Gasteiger partial charge in [-0.3, -0.25) is 19.3 Å². The van der Waals surface area contributed by atoms with Gasteiger partial charge in [-0.15, -0.1) is 0 Å². The van der Waals surface area contributed by atoms with Crippen molar-refractivity contribution in [3.05, 3.63) is 111 Å². The van der Waals surface area contributed by atoms with E-state index in [0.717, 1.165) is 0 Å². The van der Waals surface area contributed by atoms with E-state index in [-0.39, 0.29) is 28.4 Å². The van der Waals surface area contributed by atoms with Crippen LogP contribution in [-0.2, 0) is 0 Å². The second kappa shape index (κ2) is 8.94. The summed E-state index contributed by atoms with van der Waals surface area (Å²) in [5, 5.41) is 41.5. The largest absolute Gasteiger partial charge is 0.508 e. The summed E-state index contributed by atoms with van der Waals surface area (Å²) in [7, 11) is 0. The number of aryl methyl sites for hydroxylation is 1. The normalized spacial score (nSPS) is 10.8. The number of rotatable bonds is 4. The average Bonchev–Trinajstić information content (AvgIpc) is 2.89. The molecular weight excluding hydrogens is 472 g/mol. The van der Waals surface area contributed by atoms with E-state index in [1.165, 1.54) is 42.5 Å². The topological polar surface area (TPSA) is 142 Å². The van der Waals surface area contributed by atoms with Crippen LogP contribution in [0, 0.1) is 28.4 Å². The maximum absolute atomic E-state index is 12.3. The van der Waals surface area contributed by atoms with Gasteiger partial charge in [0.05, 0.1) is 10.6 Å². The average molecular weight is 490 g/mol. The van der Waals surface area contributed by atoms with Crippen LogP contribution in [0.5, 0.6) is 11.5 Å². The van der Waals surface area contributed by atoms with Gasteiger partial charge >= 0.3 is 0 Å². The molecule has 0 aliphatic carbocycles. The van der Waals surface area contributed by atoms with E-state index in [4.69, 9.17) is 0 Å². The molecule has 0 radical (unpaired) electrons. The Hall–Kier alpha value is -5.49. The van der Waals surface area contributed by atoms with Crippen molar-refractivity contribution in [2.45, 2.75) is 6.92 Å². The lowest BCUT2D eigenvalue weighted by atomic mass is 9.96. The number of nitriles is 1. The molecular formula is C28H18N4O5. The zero-order valence-electron chi connectivity index (χ0n) is 19.4. The lowest BCUT2D eigenvalue weighted by Gasteiger charge is -2.17. The van der Waals surface area contributed by atoms with Crippen LogP contribution in [0.2, 0.25) is 0 Å². The van der Waals surface area contributed by atoms with Gasteiger partial charge in [-0.1, -0.05) is 36.4 Å². The van der Waals surface area contributed by atoms with Gasteiger partial charge in [-0.25, -0.2) is 0 Å². The number of hydrogen-bond donors (Lipinski definition) is 2. The number of phenolic OH excluding ortho intramolecular Hbond substituents is 2. The highest BCUT2D eigenvalue weighted by molar-refractivity contribution is 5.84. The molecule has 0 bridgehead atoms. The fraction of sp³-hybridized carbons (Fsp3) is 0.0357. The summed E-state index contributed by atoms with van der Waals surface area (Å²) in [4.78, 5) is 27.3. The van der Waals surface area contributed by atoms with Crippen molar-refractivity contribution >= 4 is 11.3 Å². The third-order valence-electron chi connectivity index (χ3n) is 6.08. The van der Waals surface area contributed by atoms with Crippen molar-refractivity contribution in [1.82, 2.24) is 9.38 Å². The second-order valence-corrected chi connectivity index (χ2v) is 8.41. The van der Waals surface area contributed by atoms with E-state index in [0.29, 0.717) is 39.2 Å². The maximum Gasteiger partial charge on any atom is 0.273 e. The molecule has 0 aliphatic heterocycles. The van der Waals surface area contributed by atoms with Crippen molar-refractivity contribution in [2.24, 2.45) is 0 Å². The number of aromatic nitrogens is 2. The maximum atomic E-state index is 12.3. The summed E-state index contributed by atoms with van der Waals surface area (Å²) in [5.41, 5.74) is 3.43. The molecule has 180 valence electrons. The van der Waals surface area contributed by atoms with E-state index in [2.05, 4.69) is 11.1 Å². The van der Waals surface area contributed by atoms with Crippen LogP contribution in [0.3, 0.4) is 0 Å². The molecule has 9 nitrogen and oxygen atoms in total. The minimum Gasteiger partial charge on any atom is -0.508 e. The van der Waals surface area contributed by atoms with E-state index in [1.54, 1.807) is 47.7 Å². The van der Waals surface area contributed by atoms with E-state index in [9.17, 15) is 30.4 Å². The van der Waals surface area contributed by atoms with Gasteiger partial charge in [0.15, 0.2) is 5.65 Å². The summed E-state index contributed by atoms with van der Waals surface area (Å²) < 4.78 is 1.70. The van der Waals surface area contributed by atoms with Crippen LogP contribution in [0.25, 0.3) is 39.2 Å². The minimum absolute atomic E-state index is 0.0136. The third kappa shape index (κ3) is 4.13. The number of fused-ring (bicyclic) bond motifs is 1. The van der Waals surface area contributed by atoms with Crippen LogP contribution in [0.1, 0.15) is 11.3 Å². The number of nitro benzene ring substituents is 1. The first-order valence-corrected chi connectivity index (χ1v) is 11.1. The molecule has 2 heterocycles. The Labute approximate surface area is 209 Å². The second-order valence-electron chi connectivity index (χ2n) is 8.41. The van der Waals surface area contributed by atoms with Crippen molar-refractivity contribution < 1.29 is 15.1 Å². The Morgan fingerprint density at radius 2 is 1.65 bits per heavy atom. The molecule has 37 heavy (non-hydrogen) atoms. The van der Waals surface area contributed by atoms with Gasteiger partial charge in [0.25, 0.3) is 11.2 Å². The number of nitrogens with zero attached hydrogens (tertiary/aromatic N) is 4. The molecule has 0 atom stereocenters. The predicted molar refractivity (Wildman–Crippen MR) is 137 cm³/mol. The molecule has 3 aromatic carbocycles. The lowest BCUT2D eigenvalue weighted by molar-refractivity contribution is -0.384. The fourth-order valence-electron chi connectivity index (χ4n) is 4.38. The Kier molecular flexibility index (Phi) is 5.62. The van der Waals surface area contributed by atoms with Crippen molar-refractivity contribution in [3.8, 4) is 51.1 Å². The highest BCUT2D eigenvalue weighted by Crippen LogP contribution is 2.36. The molecule has 9 heteroatoms. The molecule has 5 aromatic rings. The standard InChI is InChI=1S/C28H18N4O5/c1-16-11-27(35)30-28-24(15-29)22(19-3-2-4-20(12-19)32(36)37)14-25(31(16)28)18-7-5-17(6-8-18)23-13-21(33)9-10-26(23)34/h2-14,33-34H,1H3. The summed E-state index contributed by atoms with van der Waals surface area (Å²) in [6.45, 7) is 1.73. The van der Waals surface area contributed by atoms with Gasteiger partial charge in [0.2, 0.25) is 0 Å². The third-order valence-corrected chi connectivity index (χ3v) is 6.08. The number of benzene rings is 3. The first-order valence-electron chi connectivity index (χ1n) is 11.1. The molecule has 2 N–H and O–H groups in total. The molecule has 2 aromatic heterocycles. The van der Waals surface area contributed by atoms with E-state index < -0.39 is 10.5 Å². The van der Waals surface area contributed by atoms with Gasteiger partial charge in [-0.2, -0.15) is 10.2 Å². The van der Waals surface area contributed by atoms with Crippen LogP contribution in [0.4, 0.5) is 5.69 Å². The Balaban J connectivity index is 1.78. The SMILES string of the molecule is Cc1cc(=O)nc2c(C#N)c(-c3cccc([N+](=O)[O-])c3)cc(-c3ccc(-c4cc(O)ccc4O)cc3)n12. The smallest absolute Gasteiger partial charge is 0.273 e. The summed E-state index contributed by atoms with van der Waals surface area (Å²) in [5.74, 6) is 0.0296. The van der Waals surface area contributed by atoms with Gasteiger partial charge < -0.3 is 10.2 Å². The zero-order valence-corrected chi connectivity index (χ0v) is 19.4. The molecule has 0 fully saturated rings. The Morgan fingerprint density at radius 1 is 0.919 bits per heavy atom. The Bertz CT molecular complexity index is 1820. The molecule has 0 aliphatic rings. The number of non-ortho nitro benzene ring substituents is 1. The Morgan fingerprint density at radius 3 is 2.35 bits per heavy atom. The highest BCUT2D eigenvalue weighted by atomic mass is 16.6. The van der Waals surface area contributed by atoms with Crippen LogP contribution < -0.4 is 5.56 Å². The highest BCUT2D eigenvalue weighted by Gasteiger charge is 2.19. The molecule has 0 spiro atoms. The first kappa shape index (κ1) is 23.3. The number of hydrogen-bond acceptors (Lipinski definition) is 7. The monoisotopic (exact) mass is 490 g/mol. The fourth-order valence-corrected chi connectivity index (χ4v) is 4.38. The summed E-state index contributed by atoms with van der Waals surface area (Å²) >= 11 is 0. The number of aromatic hydroxyl groups is 2. The molecule has 5 rings (SSSR count). The predicted octanol–water partition coefficient (Wildman–Crippen LogP) is 5.20. The van der Waals surface area contributed by atoms with Gasteiger partial charge in [0, 0.05) is 35.0 Å². The summed E-state index contributed by atoms with van der Waals surface area (Å²) in [6.07, 6.45) is 0. The van der Waals surface area contributed by atoms with Crippen LogP contribution in [0.15, 0.2) is 83.7 Å². The zero-order chi connectivity index (χ0) is 26.3. The first-order chi connectivity index (χ1) is 17.8. The molecule has 0 unspecified atom stereocenters. The number of pyridine rings is 1. The van der Waals surface area contributed by atoms with Gasteiger partial charge in [-0.05, 0) is 47.9 Å². The number of nitro groups is 1. The van der Waals surface area contributed by atoms with Crippen LogP contribution in [-0.4, -0.2) is 24.5 Å². The minimum atomic E-state index is -0.514. The van der Waals surface area contributed by atoms with Crippen molar-refractivity contribution in [1.29, 1.82) is 5.26 Å². The van der Waals surface area contributed by atoms with Crippen molar-refractivity contribution in [3.63, 3.8) is 0 Å². The summed E-state index contributed by atoms with van der Waals surface area (Å²) in [6, 6.07) is 22.5. The van der Waals surface area contributed by atoms with E-state index in [1.807, 2.05) is 0 Å². The molecule has 0 saturated heterocycles. The van der Waals surface area contributed by atoms with Gasteiger partial charge in [0.1, 0.15) is 23.1 Å². The van der Waals surface area contributed by atoms with Crippen molar-refractivity contribution in [2.75, 3.05) is 0 Å².